The van der Waals surface area contributed by atoms with Crippen LogP contribution in [0.1, 0.15) is 79.1 Å². The van der Waals surface area contributed by atoms with Gasteiger partial charge in [0.15, 0.2) is 0 Å². The molecule has 2 saturated heterocycles. The van der Waals surface area contributed by atoms with Gasteiger partial charge in [0.25, 0.3) is 0 Å². The van der Waals surface area contributed by atoms with Gasteiger partial charge in [-0.1, -0.05) is 53.9 Å². The minimum absolute atomic E-state index is 0.0385. The summed E-state index contributed by atoms with van der Waals surface area (Å²) >= 11 is 3.72. The van der Waals surface area contributed by atoms with E-state index in [0.29, 0.717) is 23.5 Å². The number of hydrogen-bond acceptors (Lipinski definition) is 3. The van der Waals surface area contributed by atoms with Crippen LogP contribution in [0, 0.1) is 35.0 Å². The van der Waals surface area contributed by atoms with Crippen molar-refractivity contribution in [3.8, 4) is 0 Å². The number of likely N-dealkylation sites (tertiary alicyclic amines) is 1. The summed E-state index contributed by atoms with van der Waals surface area (Å²) in [4.78, 5) is 2.75. The number of piperidine rings is 1. The molecule has 3 nitrogen and oxygen atoms in total. The van der Waals surface area contributed by atoms with Crippen LogP contribution in [0.4, 0.5) is 0 Å². The molecule has 4 aliphatic carbocycles. The molecular weight excluding hydrogens is 474 g/mol. The number of fused-ring (bicyclic) bond motifs is 6. The number of aliphatic hydroxyl groups excluding tert-OH is 1. The number of hydrogen-bond donors (Lipinski definition) is 1. The first-order chi connectivity index (χ1) is 15.8. The van der Waals surface area contributed by atoms with Crippen molar-refractivity contribution in [2.45, 2.75) is 103 Å². The summed E-state index contributed by atoms with van der Waals surface area (Å²) in [5.41, 5.74) is 5.25. The topological polar surface area (TPSA) is 32.7 Å². The third-order valence-electron chi connectivity index (χ3n) is 11.5. The minimum Gasteiger partial charge on any atom is -0.393 e. The molecule has 0 aromatic carbocycles. The molecule has 1 N–H and O–H groups in total. The summed E-state index contributed by atoms with van der Waals surface area (Å²) in [5.74, 6) is 3.62. The summed E-state index contributed by atoms with van der Waals surface area (Å²) in [7, 11) is 0. The maximum atomic E-state index is 10.3. The molecule has 0 aromatic heterocycles. The molecular formula is C29H44BrNO2. The van der Waals surface area contributed by atoms with Crippen LogP contribution < -0.4 is 0 Å². The Morgan fingerprint density at radius 1 is 1.21 bits per heavy atom. The average Bonchev–Trinajstić information content (AvgIpc) is 3.29. The Kier molecular flexibility index (Phi) is 5.76. The summed E-state index contributed by atoms with van der Waals surface area (Å²) in [6.07, 6.45) is 12.2. The van der Waals surface area contributed by atoms with Gasteiger partial charge in [-0.15, -0.1) is 0 Å². The van der Waals surface area contributed by atoms with Crippen molar-refractivity contribution in [1.29, 1.82) is 0 Å². The van der Waals surface area contributed by atoms with E-state index < -0.39 is 0 Å². The fourth-order valence-corrected chi connectivity index (χ4v) is 10.3. The van der Waals surface area contributed by atoms with E-state index in [2.05, 4.69) is 54.6 Å². The highest BCUT2D eigenvalue weighted by Gasteiger charge is 2.61. The molecule has 4 heteroatoms. The SMILES string of the molecule is CC1=C2C[C@H]3[C@@H](CC=C4C[C@@H](O)CC[C@@]43C)[C@@H]2CC[C@]12O[C@@H]1C[C@H](C)CN(CCBr)[C@H]1[C@H]2C. The summed E-state index contributed by atoms with van der Waals surface area (Å²) < 4.78 is 7.21. The summed E-state index contributed by atoms with van der Waals surface area (Å²) in [5, 5.41) is 11.4. The van der Waals surface area contributed by atoms with Gasteiger partial charge in [-0.2, -0.15) is 0 Å². The van der Waals surface area contributed by atoms with Crippen LogP contribution in [0.3, 0.4) is 0 Å². The molecule has 0 aromatic rings. The van der Waals surface area contributed by atoms with Crippen molar-refractivity contribution < 1.29 is 9.84 Å². The normalized spacial score (nSPS) is 51.8. The van der Waals surface area contributed by atoms with Crippen LogP contribution in [0.25, 0.3) is 0 Å². The van der Waals surface area contributed by atoms with Gasteiger partial charge in [0.05, 0.1) is 17.8 Å². The molecule has 2 aliphatic heterocycles. The smallest absolute Gasteiger partial charge is 0.0937 e. The first-order valence-electron chi connectivity index (χ1n) is 13.8. The Morgan fingerprint density at radius 3 is 2.82 bits per heavy atom. The molecule has 2 heterocycles. The van der Waals surface area contributed by atoms with Crippen LogP contribution in [-0.4, -0.2) is 52.3 Å². The van der Waals surface area contributed by atoms with Crippen LogP contribution in [0.15, 0.2) is 22.8 Å². The monoisotopic (exact) mass is 517 g/mol. The highest BCUT2D eigenvalue weighted by molar-refractivity contribution is 9.09. The van der Waals surface area contributed by atoms with Gasteiger partial charge in [-0.3, -0.25) is 4.90 Å². The lowest BCUT2D eigenvalue weighted by molar-refractivity contribution is -0.0643. The molecule has 1 spiro atoms. The largest absolute Gasteiger partial charge is 0.393 e. The lowest BCUT2D eigenvalue weighted by Crippen LogP contribution is -2.52. The second kappa shape index (κ2) is 8.18. The Balaban J connectivity index is 1.33. The predicted octanol–water partition coefficient (Wildman–Crippen LogP) is 6.11. The molecule has 2 saturated carbocycles. The first-order valence-corrected chi connectivity index (χ1v) is 15.0. The van der Waals surface area contributed by atoms with E-state index in [-0.39, 0.29) is 11.7 Å². The van der Waals surface area contributed by atoms with Gasteiger partial charge in [-0.25, -0.2) is 0 Å². The molecule has 0 bridgehead atoms. The van der Waals surface area contributed by atoms with E-state index in [1.165, 1.54) is 45.1 Å². The lowest BCUT2D eigenvalue weighted by Gasteiger charge is -2.49. The van der Waals surface area contributed by atoms with Crippen LogP contribution >= 0.6 is 15.9 Å². The highest BCUT2D eigenvalue weighted by Crippen LogP contribution is 2.65. The fraction of sp³-hybridized carbons (Fsp3) is 0.862. The number of ether oxygens (including phenoxy) is 1. The molecule has 0 amide bonds. The zero-order chi connectivity index (χ0) is 23.1. The molecule has 6 rings (SSSR count). The second-order valence-corrected chi connectivity index (χ2v) is 13.7. The van der Waals surface area contributed by atoms with Gasteiger partial charge in [0.1, 0.15) is 0 Å². The standard InChI is InChI=1S/C29H44BrNO2/c1-17-13-26-27(31(16-17)12-11-30)19(3)29(33-26)10-8-22-23-6-5-20-14-21(32)7-9-28(20,4)25(23)15-24(22)18(29)2/h5,17,19,21-23,25-27,32H,6-16H2,1-4H3/t17-,19+,21-,22-,23-,25-,26+,27-,28-,29-/m0/s1. The van der Waals surface area contributed by atoms with Crippen LogP contribution in [0.5, 0.6) is 0 Å². The van der Waals surface area contributed by atoms with Crippen molar-refractivity contribution in [3.63, 3.8) is 0 Å². The summed E-state index contributed by atoms with van der Waals surface area (Å²) in [6.45, 7) is 12.3. The first kappa shape index (κ1) is 23.3. The Labute approximate surface area is 209 Å². The third-order valence-corrected chi connectivity index (χ3v) is 11.8. The van der Waals surface area contributed by atoms with Crippen molar-refractivity contribution in [3.05, 3.63) is 22.8 Å². The van der Waals surface area contributed by atoms with Crippen molar-refractivity contribution in [2.75, 3.05) is 18.4 Å². The van der Waals surface area contributed by atoms with Gasteiger partial charge < -0.3 is 9.84 Å². The second-order valence-electron chi connectivity index (χ2n) is 12.9. The van der Waals surface area contributed by atoms with Gasteiger partial charge in [0.2, 0.25) is 0 Å². The van der Waals surface area contributed by atoms with E-state index in [1.807, 2.05) is 0 Å². The Bertz CT molecular complexity index is 868. The zero-order valence-electron chi connectivity index (χ0n) is 21.2. The molecule has 184 valence electrons. The summed E-state index contributed by atoms with van der Waals surface area (Å²) in [6, 6.07) is 0.570. The van der Waals surface area contributed by atoms with Crippen molar-refractivity contribution >= 4 is 15.9 Å². The van der Waals surface area contributed by atoms with E-state index in [4.69, 9.17) is 4.74 Å². The quantitative estimate of drug-likeness (QED) is 0.354. The van der Waals surface area contributed by atoms with Gasteiger partial charge in [-0.05, 0) is 93.0 Å². The fourth-order valence-electron chi connectivity index (χ4n) is 9.83. The minimum atomic E-state index is -0.116. The number of aliphatic hydroxyl groups is 1. The highest BCUT2D eigenvalue weighted by atomic mass is 79.9. The van der Waals surface area contributed by atoms with Crippen LogP contribution in [0.2, 0.25) is 0 Å². The predicted molar refractivity (Wildman–Crippen MR) is 137 cm³/mol. The maximum absolute atomic E-state index is 10.3. The molecule has 0 unspecified atom stereocenters. The number of nitrogens with zero attached hydrogens (tertiary/aromatic N) is 1. The molecule has 4 fully saturated rings. The Hall–Kier alpha value is -0.160. The van der Waals surface area contributed by atoms with Gasteiger partial charge >= 0.3 is 0 Å². The number of alkyl halides is 1. The molecule has 6 aliphatic rings. The Morgan fingerprint density at radius 2 is 2.03 bits per heavy atom. The van der Waals surface area contributed by atoms with E-state index in [9.17, 15) is 5.11 Å². The van der Waals surface area contributed by atoms with E-state index in [0.717, 1.165) is 48.4 Å². The third kappa shape index (κ3) is 3.29. The number of halogens is 1. The average molecular weight is 519 g/mol. The van der Waals surface area contributed by atoms with E-state index >= 15 is 0 Å². The molecule has 33 heavy (non-hydrogen) atoms. The van der Waals surface area contributed by atoms with E-state index in [1.54, 1.807) is 16.7 Å². The van der Waals surface area contributed by atoms with Gasteiger partial charge in [0, 0.05) is 30.4 Å². The van der Waals surface area contributed by atoms with Crippen molar-refractivity contribution in [2.24, 2.45) is 35.0 Å². The maximum Gasteiger partial charge on any atom is 0.0937 e. The number of rotatable bonds is 2. The van der Waals surface area contributed by atoms with Crippen LogP contribution in [-0.2, 0) is 4.74 Å². The van der Waals surface area contributed by atoms with Crippen molar-refractivity contribution in [1.82, 2.24) is 4.90 Å². The molecule has 10 atom stereocenters. The molecule has 0 radical (unpaired) electrons. The lowest BCUT2D eigenvalue weighted by atomic mass is 9.56. The number of allylic oxidation sites excluding steroid dienone is 2. The zero-order valence-corrected chi connectivity index (χ0v) is 22.7.